The highest BCUT2D eigenvalue weighted by molar-refractivity contribution is 6.31. The van der Waals surface area contributed by atoms with Crippen LogP contribution in [-0.4, -0.2) is 55.8 Å². The van der Waals surface area contributed by atoms with Crippen molar-refractivity contribution in [3.8, 4) is 11.5 Å². The summed E-state index contributed by atoms with van der Waals surface area (Å²) in [5.74, 6) is 1.77. The van der Waals surface area contributed by atoms with E-state index in [9.17, 15) is 0 Å². The van der Waals surface area contributed by atoms with Crippen LogP contribution in [0.4, 0.5) is 5.69 Å². The van der Waals surface area contributed by atoms with Gasteiger partial charge in [-0.3, -0.25) is 4.90 Å². The molecule has 0 atom stereocenters. The Balaban J connectivity index is 1.21. The van der Waals surface area contributed by atoms with Crippen molar-refractivity contribution in [2.45, 2.75) is 6.42 Å². The highest BCUT2D eigenvalue weighted by Gasteiger charge is 2.23. The molecule has 0 saturated carbocycles. The number of fused-ring (bicyclic) bond motifs is 2. The number of hydrogen-bond acceptors (Lipinski definition) is 4. The van der Waals surface area contributed by atoms with Gasteiger partial charge in [0.15, 0.2) is 11.5 Å². The molecule has 1 N–H and O–H groups in total. The zero-order valence-electron chi connectivity index (χ0n) is 15.8. The highest BCUT2D eigenvalue weighted by atomic mass is 35.5. The lowest BCUT2D eigenvalue weighted by Crippen LogP contribution is -2.47. The molecule has 2 aliphatic heterocycles. The minimum absolute atomic E-state index is 0.624. The van der Waals surface area contributed by atoms with Gasteiger partial charge in [0, 0.05) is 54.8 Å². The van der Waals surface area contributed by atoms with E-state index in [1.807, 2.05) is 18.2 Å². The molecule has 5 rings (SSSR count). The van der Waals surface area contributed by atoms with E-state index in [-0.39, 0.29) is 0 Å². The van der Waals surface area contributed by atoms with E-state index in [0.29, 0.717) is 13.2 Å². The average Bonchev–Trinajstić information content (AvgIpc) is 3.14. The van der Waals surface area contributed by atoms with Crippen LogP contribution >= 0.6 is 11.6 Å². The Morgan fingerprint density at radius 1 is 1.00 bits per heavy atom. The summed E-state index contributed by atoms with van der Waals surface area (Å²) in [6, 6.07) is 12.2. The third-order valence-electron chi connectivity index (χ3n) is 5.69. The van der Waals surface area contributed by atoms with E-state index in [4.69, 9.17) is 21.1 Å². The second kappa shape index (κ2) is 7.57. The second-order valence-electron chi connectivity index (χ2n) is 7.38. The molecule has 0 amide bonds. The van der Waals surface area contributed by atoms with Gasteiger partial charge in [-0.1, -0.05) is 17.7 Å². The van der Waals surface area contributed by atoms with Gasteiger partial charge in [0.2, 0.25) is 0 Å². The van der Waals surface area contributed by atoms with E-state index in [0.717, 1.165) is 66.9 Å². The summed E-state index contributed by atoms with van der Waals surface area (Å²) in [5, 5.41) is 2.03. The predicted molar refractivity (Wildman–Crippen MR) is 113 cm³/mol. The minimum atomic E-state index is 0.624. The number of para-hydroxylation sites is 1. The lowest BCUT2D eigenvalue weighted by Gasteiger charge is -2.37. The number of halogens is 1. The van der Waals surface area contributed by atoms with Gasteiger partial charge in [-0.15, -0.1) is 0 Å². The van der Waals surface area contributed by atoms with E-state index >= 15 is 0 Å². The molecule has 1 aromatic heterocycles. The summed E-state index contributed by atoms with van der Waals surface area (Å²) in [6.07, 6.45) is 3.14. The number of aromatic amines is 1. The van der Waals surface area contributed by atoms with Crippen molar-refractivity contribution in [3.05, 3.63) is 53.2 Å². The largest absolute Gasteiger partial charge is 0.486 e. The van der Waals surface area contributed by atoms with Crippen molar-refractivity contribution in [1.29, 1.82) is 0 Å². The summed E-state index contributed by atoms with van der Waals surface area (Å²) in [6.45, 7) is 6.40. The lowest BCUT2D eigenvalue weighted by atomic mass is 10.1. The molecule has 0 aliphatic carbocycles. The Labute approximate surface area is 169 Å². The first kappa shape index (κ1) is 17.7. The number of H-pyrrole nitrogens is 1. The molecule has 1 fully saturated rings. The van der Waals surface area contributed by atoms with Gasteiger partial charge in [-0.2, -0.15) is 0 Å². The first-order chi connectivity index (χ1) is 13.8. The van der Waals surface area contributed by atoms with Crippen LogP contribution in [0.2, 0.25) is 5.02 Å². The van der Waals surface area contributed by atoms with E-state index in [1.165, 1.54) is 10.9 Å². The van der Waals surface area contributed by atoms with Gasteiger partial charge in [0.25, 0.3) is 0 Å². The standard InChI is InChI=1S/C22H24ClN3O2/c23-17-4-5-19-18(14-17)16(15-24-19)6-7-25-8-10-26(11-9-25)20-2-1-3-21-22(20)28-13-12-27-21/h1-5,14-15,24H,6-13H2. The Hall–Kier alpha value is -2.37. The Bertz CT molecular complexity index is 979. The molecule has 1 saturated heterocycles. The van der Waals surface area contributed by atoms with Crippen molar-refractivity contribution >= 4 is 28.2 Å². The number of nitrogens with zero attached hydrogens (tertiary/aromatic N) is 2. The van der Waals surface area contributed by atoms with Crippen LogP contribution in [0.3, 0.4) is 0 Å². The molecule has 146 valence electrons. The normalized spacial score (nSPS) is 17.2. The average molecular weight is 398 g/mol. The number of piperazine rings is 1. The summed E-state index contributed by atoms with van der Waals surface area (Å²) in [5.41, 5.74) is 3.64. The predicted octanol–water partition coefficient (Wildman–Crippen LogP) is 3.96. The molecule has 28 heavy (non-hydrogen) atoms. The number of ether oxygens (including phenoxy) is 2. The lowest BCUT2D eigenvalue weighted by molar-refractivity contribution is 0.171. The monoisotopic (exact) mass is 397 g/mol. The van der Waals surface area contributed by atoms with Crippen LogP contribution < -0.4 is 14.4 Å². The fourth-order valence-electron chi connectivity index (χ4n) is 4.16. The van der Waals surface area contributed by atoms with Crippen LogP contribution in [-0.2, 0) is 6.42 Å². The number of hydrogen-bond donors (Lipinski definition) is 1. The summed E-state index contributed by atoms with van der Waals surface area (Å²) in [7, 11) is 0. The molecule has 2 aliphatic rings. The van der Waals surface area contributed by atoms with Crippen molar-refractivity contribution in [3.63, 3.8) is 0 Å². The molecule has 3 heterocycles. The zero-order chi connectivity index (χ0) is 18.9. The van der Waals surface area contributed by atoms with Crippen LogP contribution in [0.5, 0.6) is 11.5 Å². The molecule has 2 aromatic carbocycles. The van der Waals surface area contributed by atoms with E-state index < -0.39 is 0 Å². The van der Waals surface area contributed by atoms with Crippen molar-refractivity contribution in [2.24, 2.45) is 0 Å². The van der Waals surface area contributed by atoms with Gasteiger partial charge in [-0.05, 0) is 42.3 Å². The minimum Gasteiger partial charge on any atom is -0.486 e. The second-order valence-corrected chi connectivity index (χ2v) is 7.82. The maximum Gasteiger partial charge on any atom is 0.184 e. The maximum atomic E-state index is 6.17. The molecule has 0 bridgehead atoms. The van der Waals surface area contributed by atoms with Gasteiger partial charge in [-0.25, -0.2) is 0 Å². The molecule has 0 radical (unpaired) electrons. The number of benzene rings is 2. The molecular weight excluding hydrogens is 374 g/mol. The molecule has 6 heteroatoms. The Morgan fingerprint density at radius 3 is 2.75 bits per heavy atom. The van der Waals surface area contributed by atoms with Crippen LogP contribution in [0, 0.1) is 0 Å². The number of nitrogens with one attached hydrogen (secondary N) is 1. The molecule has 0 spiro atoms. The first-order valence-electron chi connectivity index (χ1n) is 9.89. The molecule has 0 unspecified atom stereocenters. The topological polar surface area (TPSA) is 40.7 Å². The van der Waals surface area contributed by atoms with E-state index in [2.05, 4.69) is 39.2 Å². The van der Waals surface area contributed by atoms with Gasteiger partial charge in [0.1, 0.15) is 13.2 Å². The number of aromatic nitrogens is 1. The van der Waals surface area contributed by atoms with E-state index in [1.54, 1.807) is 0 Å². The molecular formula is C22H24ClN3O2. The number of anilines is 1. The number of rotatable bonds is 4. The smallest absolute Gasteiger partial charge is 0.184 e. The summed E-state index contributed by atoms with van der Waals surface area (Å²) < 4.78 is 11.6. The zero-order valence-corrected chi connectivity index (χ0v) is 16.5. The third-order valence-corrected chi connectivity index (χ3v) is 5.92. The Morgan fingerprint density at radius 2 is 1.86 bits per heavy atom. The van der Waals surface area contributed by atoms with Gasteiger partial charge < -0.3 is 19.4 Å². The SMILES string of the molecule is Clc1ccc2[nH]cc(CCN3CCN(c4cccc5c4OCCO5)CC3)c2c1. The van der Waals surface area contributed by atoms with Crippen molar-refractivity contribution in [1.82, 2.24) is 9.88 Å². The van der Waals surface area contributed by atoms with Gasteiger partial charge in [0.05, 0.1) is 5.69 Å². The highest BCUT2D eigenvalue weighted by Crippen LogP contribution is 2.39. The van der Waals surface area contributed by atoms with Crippen LogP contribution in [0.25, 0.3) is 10.9 Å². The first-order valence-corrected chi connectivity index (χ1v) is 10.3. The van der Waals surface area contributed by atoms with Crippen molar-refractivity contribution in [2.75, 3.05) is 50.8 Å². The van der Waals surface area contributed by atoms with Crippen molar-refractivity contribution < 1.29 is 9.47 Å². The summed E-state index contributed by atoms with van der Waals surface area (Å²) >= 11 is 6.17. The van der Waals surface area contributed by atoms with Gasteiger partial charge >= 0.3 is 0 Å². The third kappa shape index (κ3) is 3.40. The quantitative estimate of drug-likeness (QED) is 0.723. The fourth-order valence-corrected chi connectivity index (χ4v) is 4.33. The Kier molecular flexibility index (Phi) is 4.79. The van der Waals surface area contributed by atoms with Crippen LogP contribution in [0.15, 0.2) is 42.6 Å². The molecule has 3 aromatic rings. The van der Waals surface area contributed by atoms with Crippen LogP contribution in [0.1, 0.15) is 5.56 Å². The molecule has 5 nitrogen and oxygen atoms in total. The summed E-state index contributed by atoms with van der Waals surface area (Å²) in [4.78, 5) is 8.30. The maximum absolute atomic E-state index is 6.17. The fraction of sp³-hybridized carbons (Fsp3) is 0.364.